The number of nitrogens with zero attached hydrogens (tertiary/aromatic N) is 4. The third kappa shape index (κ3) is 3.33. The molecule has 0 unspecified atom stereocenters. The summed E-state index contributed by atoms with van der Waals surface area (Å²) in [5.74, 6) is -0.647. The molecule has 0 atom stereocenters. The summed E-state index contributed by atoms with van der Waals surface area (Å²) in [6, 6.07) is 18.1. The molecule has 6 heteroatoms. The SMILES string of the molecule is Cn1cc(-c2ccc3nc(-c4ccc(F)cc4)c(-c4ccc(F)cc4)nc3c2)cn1. The smallest absolute Gasteiger partial charge is 0.123 e. The van der Waals surface area contributed by atoms with Gasteiger partial charge in [-0.2, -0.15) is 5.10 Å². The fourth-order valence-electron chi connectivity index (χ4n) is 3.42. The molecule has 0 saturated heterocycles. The zero-order chi connectivity index (χ0) is 20.7. The summed E-state index contributed by atoms with van der Waals surface area (Å²) >= 11 is 0. The molecule has 4 nitrogen and oxygen atoms in total. The Bertz CT molecular complexity index is 1360. The highest BCUT2D eigenvalue weighted by Crippen LogP contribution is 2.32. The van der Waals surface area contributed by atoms with E-state index in [1.807, 2.05) is 31.4 Å². The van der Waals surface area contributed by atoms with Gasteiger partial charge in [0.1, 0.15) is 11.6 Å². The zero-order valence-corrected chi connectivity index (χ0v) is 16.1. The monoisotopic (exact) mass is 398 g/mol. The van der Waals surface area contributed by atoms with Crippen LogP contribution in [0.1, 0.15) is 0 Å². The first kappa shape index (κ1) is 18.1. The van der Waals surface area contributed by atoms with E-state index in [2.05, 4.69) is 5.10 Å². The summed E-state index contributed by atoms with van der Waals surface area (Å²) in [6.07, 6.45) is 3.73. The molecule has 30 heavy (non-hydrogen) atoms. The largest absolute Gasteiger partial charge is 0.275 e. The number of rotatable bonds is 3. The summed E-state index contributed by atoms with van der Waals surface area (Å²) in [4.78, 5) is 9.68. The van der Waals surface area contributed by atoms with E-state index >= 15 is 0 Å². The lowest BCUT2D eigenvalue weighted by Gasteiger charge is -2.11. The third-order valence-corrected chi connectivity index (χ3v) is 4.94. The molecule has 0 amide bonds. The molecular formula is C24H16F2N4. The number of aromatic nitrogens is 4. The quantitative estimate of drug-likeness (QED) is 0.395. The minimum atomic E-state index is -0.324. The molecule has 0 saturated carbocycles. The van der Waals surface area contributed by atoms with Crippen LogP contribution in [0.5, 0.6) is 0 Å². The number of hydrogen-bond acceptors (Lipinski definition) is 3. The van der Waals surface area contributed by atoms with Crippen LogP contribution in [0.3, 0.4) is 0 Å². The van der Waals surface area contributed by atoms with Gasteiger partial charge in [0.15, 0.2) is 0 Å². The van der Waals surface area contributed by atoms with Gasteiger partial charge < -0.3 is 0 Å². The Hall–Kier alpha value is -3.93. The average molecular weight is 398 g/mol. The van der Waals surface area contributed by atoms with Gasteiger partial charge in [-0.3, -0.25) is 4.68 Å². The minimum absolute atomic E-state index is 0.322. The Kier molecular flexibility index (Phi) is 4.32. The summed E-state index contributed by atoms with van der Waals surface area (Å²) in [5.41, 5.74) is 6.07. The molecule has 0 bridgehead atoms. The van der Waals surface area contributed by atoms with Crippen molar-refractivity contribution < 1.29 is 8.78 Å². The maximum Gasteiger partial charge on any atom is 0.123 e. The molecule has 5 rings (SSSR count). The fraction of sp³-hybridized carbons (Fsp3) is 0.0417. The second-order valence-corrected chi connectivity index (χ2v) is 7.04. The van der Waals surface area contributed by atoms with Gasteiger partial charge in [-0.05, 0) is 66.2 Å². The van der Waals surface area contributed by atoms with Crippen molar-refractivity contribution in [2.24, 2.45) is 7.05 Å². The summed E-state index contributed by atoms with van der Waals surface area (Å²) in [6.45, 7) is 0. The Morgan fingerprint density at radius 2 is 1.17 bits per heavy atom. The first-order valence-electron chi connectivity index (χ1n) is 9.39. The lowest BCUT2D eigenvalue weighted by atomic mass is 10.0. The molecule has 0 aliphatic carbocycles. The highest BCUT2D eigenvalue weighted by atomic mass is 19.1. The molecule has 0 radical (unpaired) electrons. The Balaban J connectivity index is 1.73. The summed E-state index contributed by atoms with van der Waals surface area (Å²) in [7, 11) is 1.87. The van der Waals surface area contributed by atoms with E-state index < -0.39 is 0 Å². The van der Waals surface area contributed by atoms with Crippen LogP contribution in [0.2, 0.25) is 0 Å². The van der Waals surface area contributed by atoms with E-state index in [1.54, 1.807) is 35.1 Å². The van der Waals surface area contributed by atoms with Gasteiger partial charge in [0.2, 0.25) is 0 Å². The highest BCUT2D eigenvalue weighted by molar-refractivity contribution is 5.88. The first-order chi connectivity index (χ1) is 14.6. The maximum atomic E-state index is 13.5. The van der Waals surface area contributed by atoms with Crippen molar-refractivity contribution in [2.75, 3.05) is 0 Å². The fourth-order valence-corrected chi connectivity index (χ4v) is 3.42. The lowest BCUT2D eigenvalue weighted by molar-refractivity contribution is 0.627. The Morgan fingerprint density at radius 3 is 1.70 bits per heavy atom. The van der Waals surface area contributed by atoms with Crippen molar-refractivity contribution in [2.45, 2.75) is 0 Å². The first-order valence-corrected chi connectivity index (χ1v) is 9.39. The molecule has 3 aromatic carbocycles. The number of halogens is 2. The second-order valence-electron chi connectivity index (χ2n) is 7.04. The van der Waals surface area contributed by atoms with Crippen LogP contribution in [0.25, 0.3) is 44.7 Å². The number of fused-ring (bicyclic) bond motifs is 1. The molecule has 0 spiro atoms. The van der Waals surface area contributed by atoms with Crippen LogP contribution in [0.4, 0.5) is 8.78 Å². The van der Waals surface area contributed by atoms with Crippen LogP contribution in [0.15, 0.2) is 79.1 Å². The van der Waals surface area contributed by atoms with Gasteiger partial charge in [0.25, 0.3) is 0 Å². The number of hydrogen-bond donors (Lipinski definition) is 0. The minimum Gasteiger partial charge on any atom is -0.275 e. The Labute approximate surface area is 171 Å². The number of aryl methyl sites for hydroxylation is 1. The van der Waals surface area contributed by atoms with E-state index in [0.29, 0.717) is 22.4 Å². The topological polar surface area (TPSA) is 43.6 Å². The van der Waals surface area contributed by atoms with Gasteiger partial charge in [-0.25, -0.2) is 18.7 Å². The van der Waals surface area contributed by atoms with Crippen LogP contribution in [-0.4, -0.2) is 19.7 Å². The van der Waals surface area contributed by atoms with E-state index in [1.165, 1.54) is 24.3 Å². The molecule has 0 aliphatic rings. The van der Waals surface area contributed by atoms with Crippen LogP contribution >= 0.6 is 0 Å². The zero-order valence-electron chi connectivity index (χ0n) is 16.1. The lowest BCUT2D eigenvalue weighted by Crippen LogP contribution is -1.96. The third-order valence-electron chi connectivity index (χ3n) is 4.94. The molecule has 146 valence electrons. The van der Waals surface area contributed by atoms with Crippen molar-refractivity contribution in [3.05, 3.63) is 90.8 Å². The highest BCUT2D eigenvalue weighted by Gasteiger charge is 2.14. The van der Waals surface area contributed by atoms with Crippen LogP contribution in [-0.2, 0) is 7.05 Å². The molecule has 0 N–H and O–H groups in total. The van der Waals surface area contributed by atoms with E-state index in [4.69, 9.17) is 9.97 Å². The van der Waals surface area contributed by atoms with Gasteiger partial charge in [-0.15, -0.1) is 0 Å². The maximum absolute atomic E-state index is 13.5. The summed E-state index contributed by atoms with van der Waals surface area (Å²) < 4.78 is 28.7. The van der Waals surface area contributed by atoms with E-state index in [-0.39, 0.29) is 11.6 Å². The molecule has 0 aliphatic heterocycles. The van der Waals surface area contributed by atoms with Gasteiger partial charge in [0.05, 0.1) is 28.6 Å². The standard InChI is InChI=1S/C24H16F2N4/c1-30-14-18(13-27-30)17-6-11-21-22(12-17)29-24(16-4-9-20(26)10-5-16)23(28-21)15-2-7-19(25)8-3-15/h2-14H,1H3. The predicted octanol–water partition coefficient (Wildman–Crippen LogP) is 5.64. The molecular weight excluding hydrogens is 382 g/mol. The van der Waals surface area contributed by atoms with Gasteiger partial charge >= 0.3 is 0 Å². The molecule has 0 fully saturated rings. The predicted molar refractivity (Wildman–Crippen MR) is 113 cm³/mol. The van der Waals surface area contributed by atoms with Gasteiger partial charge in [0, 0.05) is 29.9 Å². The second kappa shape index (κ2) is 7.15. The van der Waals surface area contributed by atoms with Gasteiger partial charge in [-0.1, -0.05) is 6.07 Å². The molecule has 2 aromatic heterocycles. The van der Waals surface area contributed by atoms with Crippen molar-refractivity contribution in [1.82, 2.24) is 19.7 Å². The van der Waals surface area contributed by atoms with E-state index in [0.717, 1.165) is 22.3 Å². The van der Waals surface area contributed by atoms with Crippen LogP contribution < -0.4 is 0 Å². The average Bonchev–Trinajstić information content (AvgIpc) is 3.20. The number of benzene rings is 3. The van der Waals surface area contributed by atoms with Crippen molar-refractivity contribution in [3.8, 4) is 33.6 Å². The molecule has 2 heterocycles. The van der Waals surface area contributed by atoms with E-state index in [9.17, 15) is 8.78 Å². The van der Waals surface area contributed by atoms with Crippen molar-refractivity contribution in [3.63, 3.8) is 0 Å². The van der Waals surface area contributed by atoms with Crippen LogP contribution in [0, 0.1) is 11.6 Å². The molecule has 5 aromatic rings. The Morgan fingerprint density at radius 1 is 0.633 bits per heavy atom. The summed E-state index contributed by atoms with van der Waals surface area (Å²) in [5, 5.41) is 4.22. The van der Waals surface area contributed by atoms with Crippen molar-refractivity contribution >= 4 is 11.0 Å². The van der Waals surface area contributed by atoms with Crippen molar-refractivity contribution in [1.29, 1.82) is 0 Å². The normalized spacial score (nSPS) is 11.2.